The number of hydrazone groups is 1. The Bertz CT molecular complexity index is 602. The van der Waals surface area contributed by atoms with Crippen LogP contribution in [0.15, 0.2) is 23.3 Å². The van der Waals surface area contributed by atoms with Crippen molar-refractivity contribution in [1.82, 2.24) is 0 Å². The molecule has 0 fully saturated rings. The normalized spacial score (nSPS) is 8.74. The number of carbonyl (C=O) groups excluding carboxylic acids is 2. The first-order valence-electron chi connectivity index (χ1n) is 4.86. The molecule has 0 atom stereocenters. The van der Waals surface area contributed by atoms with Gasteiger partial charge in [-0.3, -0.25) is 15.0 Å². The Hall–Kier alpha value is -3.39. The zero-order chi connectivity index (χ0) is 14.4. The first kappa shape index (κ1) is 13.7. The topological polar surface area (TPSA) is 158 Å². The van der Waals surface area contributed by atoms with Crippen LogP contribution in [-0.2, 0) is 0 Å². The largest absolute Gasteiger partial charge is 0.366 e. The van der Waals surface area contributed by atoms with Crippen LogP contribution >= 0.6 is 0 Å². The molecule has 0 saturated carbocycles. The maximum atomic E-state index is 11.1. The number of amides is 2. The minimum Gasteiger partial charge on any atom is -0.366 e. The lowest BCUT2D eigenvalue weighted by molar-refractivity contribution is 0.0999. The fourth-order valence-corrected chi connectivity index (χ4v) is 1.17. The summed E-state index contributed by atoms with van der Waals surface area (Å²) in [6, 6.07) is 6.93. The Labute approximate surface area is 107 Å². The van der Waals surface area contributed by atoms with Crippen LogP contribution in [0.4, 0.5) is 5.69 Å². The number of nitriles is 2. The number of primary amides is 2. The van der Waals surface area contributed by atoms with Crippen LogP contribution in [0.5, 0.6) is 0 Å². The van der Waals surface area contributed by atoms with Crippen molar-refractivity contribution < 1.29 is 9.59 Å². The van der Waals surface area contributed by atoms with E-state index in [0.29, 0.717) is 0 Å². The summed E-state index contributed by atoms with van der Waals surface area (Å²) in [6.45, 7) is 0. The molecule has 1 rings (SSSR count). The van der Waals surface area contributed by atoms with E-state index in [1.165, 1.54) is 30.3 Å². The summed E-state index contributed by atoms with van der Waals surface area (Å²) in [4.78, 5) is 22.2. The average molecular weight is 256 g/mol. The minimum absolute atomic E-state index is 0.0458. The Balaban J connectivity index is 3.19. The summed E-state index contributed by atoms with van der Waals surface area (Å²) in [6.07, 6.45) is 0. The lowest BCUT2D eigenvalue weighted by Crippen LogP contribution is -2.16. The predicted octanol–water partition coefficient (Wildman–Crippen LogP) is -0.301. The van der Waals surface area contributed by atoms with E-state index < -0.39 is 17.5 Å². The molecular formula is C11H8N6O2. The molecule has 0 bridgehead atoms. The quantitative estimate of drug-likeness (QED) is 0.497. The Morgan fingerprint density at radius 2 is 1.53 bits per heavy atom. The number of hydrogen-bond donors (Lipinski definition) is 3. The molecular weight excluding hydrogens is 248 g/mol. The van der Waals surface area contributed by atoms with Crippen molar-refractivity contribution in [2.75, 3.05) is 5.43 Å². The molecule has 2 amide bonds. The SMILES string of the molecule is N#CC(C#N)=NNc1cc(C(N)=O)cc(C(N)=O)c1. The molecule has 0 unspecified atom stereocenters. The van der Waals surface area contributed by atoms with Crippen molar-refractivity contribution in [1.29, 1.82) is 10.5 Å². The van der Waals surface area contributed by atoms with E-state index in [1.807, 2.05) is 0 Å². The van der Waals surface area contributed by atoms with Gasteiger partial charge in [-0.2, -0.15) is 15.6 Å². The highest BCUT2D eigenvalue weighted by Crippen LogP contribution is 2.14. The molecule has 5 N–H and O–H groups in total. The van der Waals surface area contributed by atoms with E-state index in [-0.39, 0.29) is 16.8 Å². The number of nitrogens with two attached hydrogens (primary N) is 2. The molecule has 8 heteroatoms. The van der Waals surface area contributed by atoms with Gasteiger partial charge in [-0.05, 0) is 18.2 Å². The van der Waals surface area contributed by atoms with Crippen LogP contribution in [0.1, 0.15) is 20.7 Å². The number of hydrogen-bond acceptors (Lipinski definition) is 6. The van der Waals surface area contributed by atoms with E-state index in [9.17, 15) is 9.59 Å². The van der Waals surface area contributed by atoms with Crippen molar-refractivity contribution in [3.63, 3.8) is 0 Å². The molecule has 0 spiro atoms. The van der Waals surface area contributed by atoms with Gasteiger partial charge in [0, 0.05) is 11.1 Å². The monoisotopic (exact) mass is 256 g/mol. The number of rotatable bonds is 4. The van der Waals surface area contributed by atoms with Crippen molar-refractivity contribution in [3.05, 3.63) is 29.3 Å². The molecule has 8 nitrogen and oxygen atoms in total. The van der Waals surface area contributed by atoms with Gasteiger partial charge in [0.2, 0.25) is 17.5 Å². The van der Waals surface area contributed by atoms with Crippen LogP contribution in [0, 0.1) is 22.7 Å². The second-order valence-electron chi connectivity index (χ2n) is 3.32. The van der Waals surface area contributed by atoms with E-state index in [2.05, 4.69) is 10.5 Å². The summed E-state index contributed by atoms with van der Waals surface area (Å²) < 4.78 is 0. The number of carbonyl (C=O) groups is 2. The maximum Gasteiger partial charge on any atom is 0.248 e. The molecule has 94 valence electrons. The summed E-state index contributed by atoms with van der Waals surface area (Å²) in [5.74, 6) is -1.51. The zero-order valence-electron chi connectivity index (χ0n) is 9.54. The summed E-state index contributed by atoms with van der Waals surface area (Å²) in [7, 11) is 0. The molecule has 1 aromatic carbocycles. The highest BCUT2D eigenvalue weighted by atomic mass is 16.1. The molecule has 0 aliphatic heterocycles. The summed E-state index contributed by atoms with van der Waals surface area (Å²) in [5.41, 5.74) is 12.4. The minimum atomic E-state index is -0.754. The fraction of sp³-hybridized carbons (Fsp3) is 0. The molecule has 19 heavy (non-hydrogen) atoms. The van der Waals surface area contributed by atoms with E-state index >= 15 is 0 Å². The van der Waals surface area contributed by atoms with Crippen LogP contribution in [-0.4, -0.2) is 17.5 Å². The van der Waals surface area contributed by atoms with E-state index in [0.717, 1.165) is 0 Å². The van der Waals surface area contributed by atoms with Gasteiger partial charge >= 0.3 is 0 Å². The highest BCUT2D eigenvalue weighted by molar-refractivity contribution is 6.10. The third kappa shape index (κ3) is 3.54. The van der Waals surface area contributed by atoms with Crippen molar-refractivity contribution in [3.8, 4) is 12.1 Å². The molecule has 1 aromatic rings. The van der Waals surface area contributed by atoms with E-state index in [4.69, 9.17) is 22.0 Å². The van der Waals surface area contributed by atoms with Crippen LogP contribution in [0.3, 0.4) is 0 Å². The Kier molecular flexibility index (Phi) is 4.17. The first-order chi connectivity index (χ1) is 8.97. The number of benzene rings is 1. The van der Waals surface area contributed by atoms with Crippen molar-refractivity contribution in [2.45, 2.75) is 0 Å². The summed E-state index contributed by atoms with van der Waals surface area (Å²) >= 11 is 0. The van der Waals surface area contributed by atoms with Crippen LogP contribution < -0.4 is 16.9 Å². The zero-order valence-corrected chi connectivity index (χ0v) is 9.54. The lowest BCUT2D eigenvalue weighted by Gasteiger charge is -2.05. The summed E-state index contributed by atoms with van der Waals surface area (Å²) in [5, 5.41) is 20.5. The van der Waals surface area contributed by atoms with Gasteiger partial charge in [0.15, 0.2) is 0 Å². The fourth-order valence-electron chi connectivity index (χ4n) is 1.17. The highest BCUT2D eigenvalue weighted by Gasteiger charge is 2.09. The molecule has 0 aliphatic carbocycles. The van der Waals surface area contributed by atoms with Gasteiger partial charge in [-0.25, -0.2) is 0 Å². The van der Waals surface area contributed by atoms with E-state index in [1.54, 1.807) is 0 Å². The van der Waals surface area contributed by atoms with Gasteiger partial charge in [0.05, 0.1) is 5.69 Å². The predicted molar refractivity (Wildman–Crippen MR) is 65.8 cm³/mol. The third-order valence-electron chi connectivity index (χ3n) is 2.01. The van der Waals surface area contributed by atoms with Gasteiger partial charge in [-0.15, -0.1) is 0 Å². The molecule has 0 radical (unpaired) electrons. The van der Waals surface area contributed by atoms with Crippen molar-refractivity contribution >= 4 is 23.2 Å². The third-order valence-corrected chi connectivity index (χ3v) is 2.01. The number of nitrogens with zero attached hydrogens (tertiary/aromatic N) is 3. The second-order valence-corrected chi connectivity index (χ2v) is 3.32. The maximum absolute atomic E-state index is 11.1. The first-order valence-corrected chi connectivity index (χ1v) is 4.86. The Morgan fingerprint density at radius 3 is 1.89 bits per heavy atom. The Morgan fingerprint density at radius 1 is 1.05 bits per heavy atom. The standard InChI is InChI=1S/C11H8N6O2/c12-4-9(5-13)17-16-8-2-6(10(14)18)1-7(3-8)11(15)19/h1-3,16H,(H2,14,18)(H2,15,19). The molecule has 0 aliphatic rings. The van der Waals surface area contributed by atoms with Gasteiger partial charge in [0.1, 0.15) is 12.1 Å². The second kappa shape index (κ2) is 5.80. The molecule has 0 aromatic heterocycles. The van der Waals surface area contributed by atoms with Crippen LogP contribution in [0.2, 0.25) is 0 Å². The number of nitrogens with one attached hydrogen (secondary N) is 1. The molecule has 0 saturated heterocycles. The number of anilines is 1. The average Bonchev–Trinajstić information content (AvgIpc) is 2.39. The van der Waals surface area contributed by atoms with Gasteiger partial charge < -0.3 is 11.5 Å². The lowest BCUT2D eigenvalue weighted by atomic mass is 10.1. The van der Waals surface area contributed by atoms with Gasteiger partial charge in [0.25, 0.3) is 0 Å². The molecule has 0 heterocycles. The van der Waals surface area contributed by atoms with Crippen molar-refractivity contribution in [2.24, 2.45) is 16.6 Å². The smallest absolute Gasteiger partial charge is 0.248 e. The van der Waals surface area contributed by atoms with Crippen LogP contribution in [0.25, 0.3) is 0 Å². The van der Waals surface area contributed by atoms with Gasteiger partial charge in [-0.1, -0.05) is 0 Å².